The molecule has 0 radical (unpaired) electrons. The predicted octanol–water partition coefficient (Wildman–Crippen LogP) is 21.5. The maximum Gasteiger partial charge on any atom is 0.260 e. The van der Waals surface area contributed by atoms with Gasteiger partial charge < -0.3 is 42.1 Å². The van der Waals surface area contributed by atoms with Crippen LogP contribution in [0.2, 0.25) is 0 Å². The van der Waals surface area contributed by atoms with Gasteiger partial charge >= 0.3 is 0 Å². The van der Waals surface area contributed by atoms with Crippen molar-refractivity contribution >= 4 is 135 Å². The van der Waals surface area contributed by atoms with E-state index in [0.717, 1.165) is 125 Å². The molecule has 0 bridgehead atoms. The maximum absolute atomic E-state index is 6.66. The summed E-state index contributed by atoms with van der Waals surface area (Å²) >= 11 is 0. The number of aromatic nitrogens is 3. The molecule has 0 atom stereocenters. The minimum atomic E-state index is 0.0664. The summed E-state index contributed by atoms with van der Waals surface area (Å²) in [6, 6.07) is 141. The first kappa shape index (κ1) is 67.7. The summed E-state index contributed by atoms with van der Waals surface area (Å²) in [5.41, 5.74) is 27.9. The molecule has 18 aromatic carbocycles. The van der Waals surface area contributed by atoms with Crippen molar-refractivity contribution in [3.05, 3.63) is 400 Å². The van der Waals surface area contributed by atoms with E-state index in [1.807, 2.05) is 78.9 Å². The van der Waals surface area contributed by atoms with Gasteiger partial charge in [-0.2, -0.15) is 0 Å². The third kappa shape index (κ3) is 10.6. The lowest BCUT2D eigenvalue weighted by Crippen LogP contribution is -2.57. The molecule has 0 amide bonds. The van der Waals surface area contributed by atoms with E-state index in [-0.39, 0.29) is 20.1 Å². The van der Waals surface area contributed by atoms with E-state index in [1.165, 1.54) is 109 Å². The normalized spacial score (nSPS) is 12.8. The number of ether oxygens (including phenoxy) is 6. The zero-order valence-corrected chi connectivity index (χ0v) is 64.6. The van der Waals surface area contributed by atoms with Gasteiger partial charge in [0.1, 0.15) is 69.0 Å². The molecule has 12 heteroatoms. The van der Waals surface area contributed by atoms with Crippen LogP contribution in [-0.2, 0) is 0 Å². The van der Waals surface area contributed by atoms with Gasteiger partial charge in [-0.1, -0.05) is 261 Å². The zero-order chi connectivity index (χ0) is 78.6. The largest absolute Gasteiger partial charge is 0.458 e. The van der Waals surface area contributed by atoms with Crippen LogP contribution >= 0.6 is 0 Å². The summed E-state index contributed by atoms with van der Waals surface area (Å²) in [5.74, 6) is 10.6. The number of para-hydroxylation sites is 10. The summed E-state index contributed by atoms with van der Waals surface area (Å²) < 4.78 is 45.4. The lowest BCUT2D eigenvalue weighted by molar-refractivity contribution is 0.464. The van der Waals surface area contributed by atoms with E-state index in [0.29, 0.717) is 0 Å². The highest BCUT2D eigenvalue weighted by Gasteiger charge is 2.44. The molecular weight excluding hydrogens is 1470 g/mol. The van der Waals surface area contributed by atoms with Gasteiger partial charge in [0.2, 0.25) is 0 Å². The van der Waals surface area contributed by atoms with E-state index >= 15 is 0 Å². The van der Waals surface area contributed by atoms with Crippen molar-refractivity contribution in [2.45, 2.75) is 0 Å². The zero-order valence-electron chi connectivity index (χ0n) is 64.6. The van der Waals surface area contributed by atoms with Gasteiger partial charge in [-0.3, -0.25) is 0 Å². The molecule has 6 aliphatic rings. The summed E-state index contributed by atoms with van der Waals surface area (Å²) in [6.45, 7) is 0.222. The van der Waals surface area contributed by atoms with Crippen molar-refractivity contribution in [3.63, 3.8) is 0 Å². The van der Waals surface area contributed by atoms with Crippen molar-refractivity contribution in [3.8, 4) is 119 Å². The highest BCUT2D eigenvalue weighted by molar-refractivity contribution is 6.99. The summed E-state index contributed by atoms with van der Waals surface area (Å²) in [6.07, 6.45) is 0. The highest BCUT2D eigenvalue weighted by Crippen LogP contribution is 2.44. The van der Waals surface area contributed by atoms with Crippen LogP contribution in [0.25, 0.3) is 116 Å². The van der Waals surface area contributed by atoms with Crippen molar-refractivity contribution < 1.29 is 28.4 Å². The lowest BCUT2D eigenvalue weighted by atomic mass is 9.34. The fourth-order valence-corrected chi connectivity index (χ4v) is 19.7. The Labute approximate surface area is 692 Å². The molecule has 9 nitrogen and oxygen atoms in total. The smallest absolute Gasteiger partial charge is 0.260 e. The second kappa shape index (κ2) is 27.0. The fraction of sp³-hybridized carbons (Fsp3) is 0. The molecule has 0 spiro atoms. The Hall–Kier alpha value is -15.6. The third-order valence-electron chi connectivity index (χ3n) is 25.0. The lowest BCUT2D eigenvalue weighted by Gasteiger charge is -2.33. The number of fused-ring (bicyclic) bond motifs is 21. The Morgan fingerprint density at radius 2 is 0.433 bits per heavy atom. The molecule has 0 fully saturated rings. The summed E-state index contributed by atoms with van der Waals surface area (Å²) in [4.78, 5) is 0. The molecule has 27 rings (SSSR count). The van der Waals surface area contributed by atoms with Crippen LogP contribution in [0.1, 0.15) is 0 Å². The molecule has 0 N–H and O–H groups in total. The van der Waals surface area contributed by atoms with Crippen LogP contribution in [0.4, 0.5) is 0 Å². The average molecular weight is 1530 g/mol. The second-order valence-electron chi connectivity index (χ2n) is 31.5. The molecule has 0 aliphatic carbocycles. The van der Waals surface area contributed by atoms with Gasteiger partial charge in [-0.05, 0) is 200 Å². The summed E-state index contributed by atoms with van der Waals surface area (Å²) in [5, 5.41) is 7.62. The monoisotopic (exact) mass is 1530 g/mol. The molecule has 558 valence electrons. The Balaban J connectivity index is 0.0000000997. The van der Waals surface area contributed by atoms with Crippen LogP contribution in [0.15, 0.2) is 400 Å². The van der Waals surface area contributed by atoms with E-state index in [4.69, 9.17) is 28.4 Å². The van der Waals surface area contributed by atoms with Crippen molar-refractivity contribution in [2.24, 2.45) is 0 Å². The predicted molar refractivity (Wildman–Crippen MR) is 492 cm³/mol. The summed E-state index contributed by atoms with van der Waals surface area (Å²) in [7, 11) is 0. The van der Waals surface area contributed by atoms with Gasteiger partial charge in [0, 0.05) is 71.3 Å². The van der Waals surface area contributed by atoms with E-state index in [9.17, 15) is 0 Å². The molecule has 120 heavy (non-hydrogen) atoms. The number of rotatable bonds is 6. The molecule has 0 saturated heterocycles. The molecule has 6 aliphatic heterocycles. The Bertz CT molecular complexity index is 7600. The number of hydrogen-bond acceptors (Lipinski definition) is 6. The molecule has 0 saturated carbocycles. The van der Waals surface area contributed by atoms with Gasteiger partial charge in [0.15, 0.2) is 0 Å². The molecular formula is C108H66B3N3O6. The number of hydrogen-bond donors (Lipinski definition) is 0. The van der Waals surface area contributed by atoms with Crippen molar-refractivity contribution in [2.75, 3.05) is 0 Å². The standard InChI is InChI=1S/3C36H22BNO2/c1-4-14-30-26(9-1)27-10-2-5-15-31(27)38(30)24-21-19-23(20-22-24)25-11-7-13-29-36(25)40-34-18-8-17-33-35(34)37(29)28-12-3-6-16-32(28)39-33;1-4-11-30-26(8-1)27-9-2-5-12-31(27)38(30)25-19-16-23(17-20-25)24-18-21-33-29(22-24)37-28-10-3-6-13-32(28)39-34-14-7-15-35(40-33)36(34)37;1-4-11-30-26(8-1)27-9-2-5-12-31(27)38(30)25-19-16-23(17-20-25)24-18-21-29-35(22-24)40-34-15-7-14-33-36(34)37(29)28-10-3-6-13-32(28)39-33/h3*1-22H. The van der Waals surface area contributed by atoms with Gasteiger partial charge in [-0.25, -0.2) is 0 Å². The first-order chi connectivity index (χ1) is 59.5. The molecule has 3 aromatic heterocycles. The van der Waals surface area contributed by atoms with Crippen LogP contribution in [0.5, 0.6) is 69.0 Å². The van der Waals surface area contributed by atoms with Crippen LogP contribution in [0, 0.1) is 0 Å². The molecule has 9 heterocycles. The molecule has 21 aromatic rings. The van der Waals surface area contributed by atoms with Crippen molar-refractivity contribution in [1.29, 1.82) is 0 Å². The van der Waals surface area contributed by atoms with Crippen LogP contribution in [0.3, 0.4) is 0 Å². The maximum atomic E-state index is 6.66. The third-order valence-corrected chi connectivity index (χ3v) is 25.0. The van der Waals surface area contributed by atoms with Crippen LogP contribution in [-0.4, -0.2) is 33.8 Å². The SMILES string of the molecule is c1ccc2c(c1)Oc1cccc3c1B2c1cc(-c2ccc(-n4c5ccccc5c5ccccc54)cc2)ccc1O3.c1ccc2c(c1)Oc1cccc3c1B2c1ccc(-c2ccc(-n4c5ccccc5c5ccccc54)cc2)cc1O3.c1ccc2c(c1)Oc1cccc3c1B2c1cccc(-c2ccc(-n4c5ccccc5c5ccccc54)cc2)c1O3. The van der Waals surface area contributed by atoms with Gasteiger partial charge in [0.25, 0.3) is 20.1 Å². The van der Waals surface area contributed by atoms with E-state index < -0.39 is 0 Å². The Morgan fingerprint density at radius 3 is 0.833 bits per heavy atom. The number of benzene rings is 18. The Kier molecular flexibility index (Phi) is 15.2. The fourth-order valence-electron chi connectivity index (χ4n) is 19.7. The highest BCUT2D eigenvalue weighted by atomic mass is 16.5. The van der Waals surface area contributed by atoms with Crippen molar-refractivity contribution in [1.82, 2.24) is 13.7 Å². The minimum absolute atomic E-state index is 0.0664. The van der Waals surface area contributed by atoms with E-state index in [2.05, 4.69) is 335 Å². The number of nitrogens with zero attached hydrogens (tertiary/aromatic N) is 3. The van der Waals surface area contributed by atoms with Gasteiger partial charge in [0.05, 0.1) is 33.1 Å². The first-order valence-electron chi connectivity index (χ1n) is 40.9. The topological polar surface area (TPSA) is 70.2 Å². The Morgan fingerprint density at radius 1 is 0.167 bits per heavy atom. The second-order valence-corrected chi connectivity index (χ2v) is 31.5. The van der Waals surface area contributed by atoms with E-state index in [1.54, 1.807) is 0 Å². The van der Waals surface area contributed by atoms with Gasteiger partial charge in [-0.15, -0.1) is 0 Å². The van der Waals surface area contributed by atoms with Crippen LogP contribution < -0.4 is 77.6 Å². The minimum Gasteiger partial charge on any atom is -0.458 e. The quantitative estimate of drug-likeness (QED) is 0.155. The average Bonchev–Trinajstić information content (AvgIpc) is 0.959. The first-order valence-corrected chi connectivity index (χ1v) is 40.9. The molecule has 0 unspecified atom stereocenters.